The molecule has 0 radical (unpaired) electrons. The third-order valence-corrected chi connectivity index (χ3v) is 5.58. The Labute approximate surface area is 173 Å². The number of carbonyl (C=O) groups is 2. The van der Waals surface area contributed by atoms with E-state index in [1.165, 1.54) is 4.90 Å². The highest BCUT2D eigenvalue weighted by Gasteiger charge is 2.43. The van der Waals surface area contributed by atoms with Gasteiger partial charge < -0.3 is 14.4 Å². The quantitative estimate of drug-likeness (QED) is 0.495. The van der Waals surface area contributed by atoms with Crippen molar-refractivity contribution in [1.29, 1.82) is 0 Å². The van der Waals surface area contributed by atoms with Crippen molar-refractivity contribution in [3.05, 3.63) is 35.5 Å². The van der Waals surface area contributed by atoms with Crippen LogP contribution in [0.2, 0.25) is 0 Å². The summed E-state index contributed by atoms with van der Waals surface area (Å²) >= 11 is 0. The van der Waals surface area contributed by atoms with Gasteiger partial charge in [-0.15, -0.1) is 0 Å². The van der Waals surface area contributed by atoms with Crippen LogP contribution in [-0.4, -0.2) is 61.6 Å². The molecule has 2 aliphatic heterocycles. The van der Waals surface area contributed by atoms with Crippen LogP contribution >= 0.6 is 0 Å². The molecule has 2 unspecified atom stereocenters. The van der Waals surface area contributed by atoms with Gasteiger partial charge >= 0.3 is 0 Å². The van der Waals surface area contributed by atoms with Crippen molar-refractivity contribution < 1.29 is 19.1 Å². The molecule has 1 fully saturated rings. The molecule has 0 bridgehead atoms. The van der Waals surface area contributed by atoms with Gasteiger partial charge in [0.15, 0.2) is 0 Å². The van der Waals surface area contributed by atoms with E-state index in [9.17, 15) is 9.59 Å². The zero-order valence-corrected chi connectivity index (χ0v) is 17.9. The number of likely N-dealkylation sites (tertiary alicyclic amines) is 1. The monoisotopic (exact) mass is 400 g/mol. The van der Waals surface area contributed by atoms with Gasteiger partial charge in [0, 0.05) is 38.4 Å². The highest BCUT2D eigenvalue weighted by Crippen LogP contribution is 2.38. The van der Waals surface area contributed by atoms with Gasteiger partial charge in [0.25, 0.3) is 11.8 Å². The minimum absolute atomic E-state index is 0.200. The Hall–Kier alpha value is -2.34. The van der Waals surface area contributed by atoms with E-state index < -0.39 is 0 Å². The second-order valence-electron chi connectivity index (χ2n) is 8.09. The summed E-state index contributed by atoms with van der Waals surface area (Å²) < 4.78 is 10.9. The molecule has 3 rings (SSSR count). The Morgan fingerprint density at radius 2 is 1.76 bits per heavy atom. The molecular weight excluding hydrogens is 368 g/mol. The van der Waals surface area contributed by atoms with E-state index >= 15 is 0 Å². The van der Waals surface area contributed by atoms with Crippen molar-refractivity contribution in [1.82, 2.24) is 9.80 Å². The van der Waals surface area contributed by atoms with Gasteiger partial charge in [-0.25, -0.2) is 0 Å². The maximum atomic E-state index is 13.4. The van der Waals surface area contributed by atoms with Crippen LogP contribution in [0.1, 0.15) is 39.2 Å². The molecule has 2 aliphatic rings. The summed E-state index contributed by atoms with van der Waals surface area (Å²) in [6.07, 6.45) is 1.76. The number of nitrogens with zero attached hydrogens (tertiary/aromatic N) is 2. The van der Waals surface area contributed by atoms with Gasteiger partial charge in [-0.2, -0.15) is 0 Å². The van der Waals surface area contributed by atoms with Gasteiger partial charge in [-0.1, -0.05) is 32.0 Å². The summed E-state index contributed by atoms with van der Waals surface area (Å²) in [4.78, 5) is 30.3. The standard InChI is InChI=1S/C23H32N2O4/c1-5-29-12-8-11-25-22(26)20(18-9-6-7-10-19(18)28-4)21(23(25)27)24-14-16(2)13-17(3)15-24/h6-7,9-10,16-17H,5,8,11-15H2,1-4H3. The number of hydrogen-bond acceptors (Lipinski definition) is 5. The van der Waals surface area contributed by atoms with Gasteiger partial charge in [0.1, 0.15) is 11.4 Å². The molecule has 0 N–H and O–H groups in total. The maximum absolute atomic E-state index is 13.4. The summed E-state index contributed by atoms with van der Waals surface area (Å²) in [5.74, 6) is 1.11. The molecule has 158 valence electrons. The van der Waals surface area contributed by atoms with Crippen molar-refractivity contribution in [3.63, 3.8) is 0 Å². The Morgan fingerprint density at radius 1 is 1.07 bits per heavy atom. The molecule has 0 aliphatic carbocycles. The van der Waals surface area contributed by atoms with E-state index in [4.69, 9.17) is 9.47 Å². The topological polar surface area (TPSA) is 59.1 Å². The van der Waals surface area contributed by atoms with Crippen LogP contribution in [0.5, 0.6) is 5.75 Å². The predicted octanol–water partition coefficient (Wildman–Crippen LogP) is 3.18. The van der Waals surface area contributed by atoms with E-state index in [-0.39, 0.29) is 11.8 Å². The van der Waals surface area contributed by atoms with E-state index in [1.807, 2.05) is 31.2 Å². The van der Waals surface area contributed by atoms with Crippen LogP contribution < -0.4 is 4.74 Å². The van der Waals surface area contributed by atoms with Crippen LogP contribution in [0.15, 0.2) is 30.0 Å². The lowest BCUT2D eigenvalue weighted by Crippen LogP contribution is -2.42. The summed E-state index contributed by atoms with van der Waals surface area (Å²) in [6.45, 7) is 9.42. The van der Waals surface area contributed by atoms with Crippen LogP contribution in [0.25, 0.3) is 5.57 Å². The normalized spacial score (nSPS) is 22.6. The zero-order chi connectivity index (χ0) is 21.0. The van der Waals surface area contributed by atoms with E-state index in [2.05, 4.69) is 18.7 Å². The molecule has 1 saturated heterocycles. The minimum Gasteiger partial charge on any atom is -0.496 e. The number of piperidine rings is 1. The van der Waals surface area contributed by atoms with Gasteiger partial charge in [0.05, 0.1) is 12.7 Å². The van der Waals surface area contributed by atoms with E-state index in [0.717, 1.165) is 19.5 Å². The van der Waals surface area contributed by atoms with Gasteiger partial charge in [0.2, 0.25) is 0 Å². The third kappa shape index (κ3) is 4.47. The summed E-state index contributed by atoms with van der Waals surface area (Å²) in [6, 6.07) is 7.44. The molecule has 2 amide bonds. The first-order chi connectivity index (χ1) is 14.0. The van der Waals surface area contributed by atoms with Crippen LogP contribution in [0.4, 0.5) is 0 Å². The summed E-state index contributed by atoms with van der Waals surface area (Å²) in [5.41, 5.74) is 1.67. The molecule has 6 nitrogen and oxygen atoms in total. The summed E-state index contributed by atoms with van der Waals surface area (Å²) in [7, 11) is 1.59. The van der Waals surface area contributed by atoms with Gasteiger partial charge in [-0.05, 0) is 37.7 Å². The molecule has 2 heterocycles. The first-order valence-electron chi connectivity index (χ1n) is 10.5. The molecule has 1 aromatic rings. The number of imide groups is 1. The smallest absolute Gasteiger partial charge is 0.277 e. The lowest BCUT2D eigenvalue weighted by Gasteiger charge is -2.37. The van der Waals surface area contributed by atoms with E-state index in [0.29, 0.717) is 60.6 Å². The van der Waals surface area contributed by atoms with Crippen molar-refractivity contribution >= 4 is 17.4 Å². The number of carbonyl (C=O) groups excluding carboxylic acids is 2. The fourth-order valence-electron chi connectivity index (χ4n) is 4.47. The minimum atomic E-state index is -0.239. The van der Waals surface area contributed by atoms with Crippen molar-refractivity contribution in [3.8, 4) is 5.75 Å². The van der Waals surface area contributed by atoms with Crippen LogP contribution in [0.3, 0.4) is 0 Å². The highest BCUT2D eigenvalue weighted by molar-refractivity contribution is 6.36. The van der Waals surface area contributed by atoms with Crippen molar-refractivity contribution in [2.75, 3.05) is 40.0 Å². The Morgan fingerprint density at radius 3 is 2.41 bits per heavy atom. The number of hydrogen-bond donors (Lipinski definition) is 0. The Balaban J connectivity index is 2.00. The Kier molecular flexibility index (Phi) is 6.96. The second-order valence-corrected chi connectivity index (χ2v) is 8.09. The largest absolute Gasteiger partial charge is 0.496 e. The van der Waals surface area contributed by atoms with Gasteiger partial charge in [-0.3, -0.25) is 14.5 Å². The number of ether oxygens (including phenoxy) is 2. The second kappa shape index (κ2) is 9.44. The number of rotatable bonds is 8. The van der Waals surface area contributed by atoms with Crippen molar-refractivity contribution in [2.45, 2.75) is 33.6 Å². The molecule has 2 atom stereocenters. The molecular formula is C23H32N2O4. The maximum Gasteiger partial charge on any atom is 0.277 e. The number of para-hydroxylation sites is 1. The molecule has 0 aromatic heterocycles. The molecule has 1 aromatic carbocycles. The fourth-order valence-corrected chi connectivity index (χ4v) is 4.47. The molecule has 6 heteroatoms. The number of benzene rings is 1. The number of amides is 2. The fraction of sp³-hybridized carbons (Fsp3) is 0.565. The zero-order valence-electron chi connectivity index (χ0n) is 17.9. The molecule has 29 heavy (non-hydrogen) atoms. The van der Waals surface area contributed by atoms with Crippen LogP contribution in [0, 0.1) is 11.8 Å². The highest BCUT2D eigenvalue weighted by atomic mass is 16.5. The lowest BCUT2D eigenvalue weighted by atomic mass is 9.91. The first-order valence-corrected chi connectivity index (χ1v) is 10.5. The van der Waals surface area contributed by atoms with Crippen LogP contribution in [-0.2, 0) is 14.3 Å². The van der Waals surface area contributed by atoms with Crippen molar-refractivity contribution in [2.24, 2.45) is 11.8 Å². The Bertz CT molecular complexity index is 779. The first kappa shape index (κ1) is 21.4. The third-order valence-electron chi connectivity index (χ3n) is 5.58. The van der Waals surface area contributed by atoms with E-state index in [1.54, 1.807) is 7.11 Å². The molecule has 0 saturated carbocycles. The average Bonchev–Trinajstić information content (AvgIpc) is 2.94. The predicted molar refractivity (Wildman–Crippen MR) is 112 cm³/mol. The molecule has 0 spiro atoms. The number of methoxy groups -OCH3 is 1. The summed E-state index contributed by atoms with van der Waals surface area (Å²) in [5, 5.41) is 0. The average molecular weight is 401 g/mol. The SMILES string of the molecule is CCOCCCN1C(=O)C(c2ccccc2OC)=C(N2CC(C)CC(C)C2)C1=O. The lowest BCUT2D eigenvalue weighted by molar-refractivity contribution is -0.137.